The van der Waals surface area contributed by atoms with E-state index in [1.807, 2.05) is 52.2 Å². The summed E-state index contributed by atoms with van der Waals surface area (Å²) in [6, 6.07) is 13.8. The Labute approximate surface area is 168 Å². The molecule has 0 aliphatic carbocycles. The number of amides is 1. The van der Waals surface area contributed by atoms with Crippen LogP contribution < -0.4 is 10.0 Å². The van der Waals surface area contributed by atoms with Crippen molar-refractivity contribution in [3.05, 3.63) is 65.2 Å². The molecule has 0 heterocycles. The van der Waals surface area contributed by atoms with Crippen LogP contribution in [-0.2, 0) is 23.1 Å². The molecular weight excluding hydrogens is 374 g/mol. The van der Waals surface area contributed by atoms with E-state index in [4.69, 9.17) is 0 Å². The monoisotopic (exact) mass is 403 g/mol. The third-order valence-electron chi connectivity index (χ3n) is 4.44. The summed E-state index contributed by atoms with van der Waals surface area (Å²) in [5, 5.41) is 2.91. The van der Waals surface area contributed by atoms with Gasteiger partial charge in [-0.25, -0.2) is 13.1 Å². The summed E-state index contributed by atoms with van der Waals surface area (Å²) in [6.07, 6.45) is 0.703. The predicted molar refractivity (Wildman–Crippen MR) is 112 cm³/mol. The van der Waals surface area contributed by atoms with Crippen molar-refractivity contribution in [2.75, 3.05) is 14.1 Å². The average molecular weight is 404 g/mol. The summed E-state index contributed by atoms with van der Waals surface area (Å²) in [7, 11) is 0.429. The van der Waals surface area contributed by atoms with Crippen LogP contribution in [0.1, 0.15) is 41.8 Å². The number of rotatable bonds is 9. The summed E-state index contributed by atoms with van der Waals surface area (Å²) < 4.78 is 27.2. The van der Waals surface area contributed by atoms with Crippen LogP contribution in [0.3, 0.4) is 0 Å². The number of nitrogens with one attached hydrogen (secondary N) is 2. The minimum absolute atomic E-state index is 0.143. The van der Waals surface area contributed by atoms with Crippen LogP contribution in [0, 0.1) is 0 Å². The summed E-state index contributed by atoms with van der Waals surface area (Å²) in [5.74, 6) is -0.238. The van der Waals surface area contributed by atoms with Gasteiger partial charge in [-0.05, 0) is 62.8 Å². The maximum Gasteiger partial charge on any atom is 0.251 e. The highest BCUT2D eigenvalue weighted by Crippen LogP contribution is 2.13. The number of carbonyl (C=O) groups excluding carboxylic acids is 1. The zero-order valence-electron chi connectivity index (χ0n) is 16.9. The summed E-state index contributed by atoms with van der Waals surface area (Å²) >= 11 is 0. The van der Waals surface area contributed by atoms with Gasteiger partial charge >= 0.3 is 0 Å². The van der Waals surface area contributed by atoms with Crippen LogP contribution in [0.2, 0.25) is 0 Å². The van der Waals surface area contributed by atoms with Gasteiger partial charge in [0.15, 0.2) is 0 Å². The Bertz CT molecular complexity index is 893. The van der Waals surface area contributed by atoms with Gasteiger partial charge < -0.3 is 10.2 Å². The first-order valence-corrected chi connectivity index (χ1v) is 10.8. The second-order valence-corrected chi connectivity index (χ2v) is 8.86. The van der Waals surface area contributed by atoms with E-state index >= 15 is 0 Å². The molecule has 1 atom stereocenters. The first-order valence-electron chi connectivity index (χ1n) is 9.35. The molecule has 0 bridgehead atoms. The van der Waals surface area contributed by atoms with Gasteiger partial charge in [-0.15, -0.1) is 0 Å². The number of benzene rings is 2. The van der Waals surface area contributed by atoms with Crippen molar-refractivity contribution >= 4 is 15.9 Å². The number of hydrogen-bond donors (Lipinski definition) is 2. The fourth-order valence-electron chi connectivity index (χ4n) is 2.70. The SMILES string of the molecule is CCC(C)NS(=O)(=O)c1ccc(C(=O)NCc2ccccc2CN(C)C)cc1. The quantitative estimate of drug-likeness (QED) is 0.675. The second-order valence-electron chi connectivity index (χ2n) is 7.14. The van der Waals surface area contributed by atoms with Gasteiger partial charge in [0.05, 0.1) is 4.90 Å². The largest absolute Gasteiger partial charge is 0.348 e. The Morgan fingerprint density at radius 2 is 1.64 bits per heavy atom. The fraction of sp³-hybridized carbons (Fsp3) is 0.381. The van der Waals surface area contributed by atoms with E-state index in [1.54, 1.807) is 0 Å². The predicted octanol–water partition coefficient (Wildman–Crippen LogP) is 2.76. The molecule has 152 valence electrons. The lowest BCUT2D eigenvalue weighted by Crippen LogP contribution is -2.32. The summed E-state index contributed by atoms with van der Waals surface area (Å²) in [6.45, 7) is 4.94. The molecule has 2 rings (SSSR count). The highest BCUT2D eigenvalue weighted by Gasteiger charge is 2.17. The van der Waals surface area contributed by atoms with Gasteiger partial charge in [-0.3, -0.25) is 4.79 Å². The van der Waals surface area contributed by atoms with E-state index in [9.17, 15) is 13.2 Å². The van der Waals surface area contributed by atoms with Crippen LogP contribution in [-0.4, -0.2) is 39.4 Å². The van der Waals surface area contributed by atoms with Crippen molar-refractivity contribution in [1.82, 2.24) is 14.9 Å². The Balaban J connectivity index is 2.04. The average Bonchev–Trinajstić information content (AvgIpc) is 2.66. The second kappa shape index (κ2) is 9.82. The molecule has 0 aliphatic heterocycles. The molecule has 0 aromatic heterocycles. The van der Waals surface area contributed by atoms with Crippen LogP contribution in [0.15, 0.2) is 53.4 Å². The number of sulfonamides is 1. The van der Waals surface area contributed by atoms with Crippen molar-refractivity contribution in [2.45, 2.75) is 44.3 Å². The molecule has 0 fully saturated rings. The molecule has 1 unspecified atom stereocenters. The molecule has 2 aromatic rings. The third kappa shape index (κ3) is 6.15. The molecule has 0 aliphatic rings. The van der Waals surface area contributed by atoms with E-state index in [0.717, 1.165) is 17.7 Å². The number of carbonyl (C=O) groups is 1. The molecule has 28 heavy (non-hydrogen) atoms. The third-order valence-corrected chi connectivity index (χ3v) is 6.05. The van der Waals surface area contributed by atoms with Crippen molar-refractivity contribution in [3.8, 4) is 0 Å². The molecule has 0 spiro atoms. The Morgan fingerprint density at radius 3 is 2.21 bits per heavy atom. The Hall–Kier alpha value is -2.22. The highest BCUT2D eigenvalue weighted by atomic mass is 32.2. The van der Waals surface area contributed by atoms with Crippen molar-refractivity contribution in [1.29, 1.82) is 0 Å². The van der Waals surface area contributed by atoms with Gasteiger partial charge in [-0.1, -0.05) is 31.2 Å². The standard InChI is InChI=1S/C21H29N3O3S/c1-5-16(2)23-28(26,27)20-12-10-17(11-13-20)21(25)22-14-18-8-6-7-9-19(18)15-24(3)4/h6-13,16,23H,5,14-15H2,1-4H3,(H,22,25). The van der Waals surface area contributed by atoms with Gasteiger partial charge in [0.1, 0.15) is 0 Å². The maximum atomic E-state index is 12.4. The topological polar surface area (TPSA) is 78.5 Å². The van der Waals surface area contributed by atoms with Gasteiger partial charge in [0, 0.05) is 24.7 Å². The van der Waals surface area contributed by atoms with Crippen LogP contribution in [0.25, 0.3) is 0 Å². The number of nitrogens with zero attached hydrogens (tertiary/aromatic N) is 1. The number of hydrogen-bond acceptors (Lipinski definition) is 4. The first kappa shape index (κ1) is 22.1. The van der Waals surface area contributed by atoms with Crippen molar-refractivity contribution in [2.24, 2.45) is 0 Å². The lowest BCUT2D eigenvalue weighted by Gasteiger charge is -2.15. The van der Waals surface area contributed by atoms with Crippen LogP contribution in [0.4, 0.5) is 0 Å². The molecule has 0 saturated heterocycles. The van der Waals surface area contributed by atoms with Crippen LogP contribution in [0.5, 0.6) is 0 Å². The highest BCUT2D eigenvalue weighted by molar-refractivity contribution is 7.89. The summed E-state index contributed by atoms with van der Waals surface area (Å²) in [5.41, 5.74) is 2.64. The van der Waals surface area contributed by atoms with E-state index in [1.165, 1.54) is 24.3 Å². The van der Waals surface area contributed by atoms with Gasteiger partial charge in [0.25, 0.3) is 5.91 Å². The fourth-order valence-corrected chi connectivity index (χ4v) is 4.03. The smallest absolute Gasteiger partial charge is 0.251 e. The van der Waals surface area contributed by atoms with Crippen molar-refractivity contribution in [3.63, 3.8) is 0 Å². The molecule has 7 heteroatoms. The molecule has 1 amide bonds. The zero-order valence-corrected chi connectivity index (χ0v) is 17.7. The molecule has 6 nitrogen and oxygen atoms in total. The van der Waals surface area contributed by atoms with Gasteiger partial charge in [-0.2, -0.15) is 0 Å². The van der Waals surface area contributed by atoms with E-state index < -0.39 is 10.0 Å². The maximum absolute atomic E-state index is 12.4. The molecule has 2 N–H and O–H groups in total. The lowest BCUT2D eigenvalue weighted by molar-refractivity contribution is 0.0950. The normalized spacial score (nSPS) is 12.8. The minimum atomic E-state index is -3.57. The van der Waals surface area contributed by atoms with Crippen LogP contribution >= 0.6 is 0 Å². The molecule has 0 radical (unpaired) electrons. The van der Waals surface area contributed by atoms with E-state index in [2.05, 4.69) is 14.9 Å². The van der Waals surface area contributed by atoms with Crippen molar-refractivity contribution < 1.29 is 13.2 Å². The molecular formula is C21H29N3O3S. The molecule has 0 saturated carbocycles. The Morgan fingerprint density at radius 1 is 1.04 bits per heavy atom. The molecule has 2 aromatic carbocycles. The zero-order chi connectivity index (χ0) is 20.7. The van der Waals surface area contributed by atoms with Gasteiger partial charge in [0.2, 0.25) is 10.0 Å². The first-order chi connectivity index (χ1) is 13.2. The summed E-state index contributed by atoms with van der Waals surface area (Å²) in [4.78, 5) is 14.7. The lowest BCUT2D eigenvalue weighted by atomic mass is 10.1. The van der Waals surface area contributed by atoms with E-state index in [0.29, 0.717) is 18.5 Å². The Kier molecular flexibility index (Phi) is 7.74. The van der Waals surface area contributed by atoms with E-state index in [-0.39, 0.29) is 16.8 Å². The minimum Gasteiger partial charge on any atom is -0.348 e.